The summed E-state index contributed by atoms with van der Waals surface area (Å²) >= 11 is 0. The molecule has 0 spiro atoms. The van der Waals surface area contributed by atoms with Gasteiger partial charge >= 0.3 is 11.7 Å². The SMILES string of the molecule is CC[C@H](C)[C@H](NC(=O)[C@H](Cc1ccc(O)cc1)NC(=O)[C@@H](NC(=O)[C@H](CC(=O)O)NC(=O)c1ccccc1N)[C@@H](C)CC)C(=O)N[C@@H](CO)C(=O)N[C@@H](CCCNC(=N)N)C(=O)N[C@@H](CCCNC(=N)N)C(=O)N[C@@H](CC(C)C)C(=O)N[C@@H](CC(C)C)C(=O)NCC(=O)N[C@H](C(=O)N[C@@H](Cc1ccccc1)C(=O)N[C@H](C(=O)N[C@@H](Cc1ccc(O)c([N+](=O)[O-])c1)C(=O)N[C@@H](C)C(N)=O)[C@@H](C)O)[C@@H](C)O. The molecular weight excluding hydrogens is 1820 g/mol. The van der Waals surface area contributed by atoms with Crippen LogP contribution < -0.4 is 113 Å². The molecule has 0 saturated carbocycles. The van der Waals surface area contributed by atoms with Gasteiger partial charge in [-0.15, -0.1) is 0 Å². The first-order chi connectivity index (χ1) is 65.4. The maximum Gasteiger partial charge on any atom is 0.310 e. The number of aromatic hydroxyl groups is 2. The van der Waals surface area contributed by atoms with Crippen molar-refractivity contribution < 1.29 is 117 Å². The molecule has 0 aromatic heterocycles. The van der Waals surface area contributed by atoms with Crippen LogP contribution >= 0.6 is 0 Å². The highest BCUT2D eigenvalue weighted by atomic mass is 16.6. The fraction of sp³-hybridized carbons (Fsp3) is 0.522. The molecule has 4 aromatic rings. The Morgan fingerprint density at radius 3 is 1.22 bits per heavy atom. The third kappa shape index (κ3) is 40.1. The zero-order valence-corrected chi connectivity index (χ0v) is 79.3. The molecule has 139 heavy (non-hydrogen) atoms. The number of nitro groups is 1. The van der Waals surface area contributed by atoms with E-state index < -0.39 is 263 Å². The van der Waals surface area contributed by atoms with Crippen LogP contribution in [-0.2, 0) is 96.0 Å². The van der Waals surface area contributed by atoms with E-state index in [2.05, 4.69) is 90.4 Å². The quantitative estimate of drug-likeness (QED) is 0.00493. The number of nitrogens with zero attached hydrogens (tertiary/aromatic N) is 1. The predicted molar refractivity (Wildman–Crippen MR) is 504 cm³/mol. The summed E-state index contributed by atoms with van der Waals surface area (Å²) in [6, 6.07) is -0.921. The number of aliphatic carboxylic acids is 1. The summed E-state index contributed by atoms with van der Waals surface area (Å²) in [5, 5.41) is 132. The van der Waals surface area contributed by atoms with Crippen molar-refractivity contribution in [3.8, 4) is 11.5 Å². The number of aliphatic hydroxyl groups is 3. The first-order valence-corrected chi connectivity index (χ1v) is 45.2. The number of rotatable bonds is 59. The van der Waals surface area contributed by atoms with Crippen LogP contribution in [0.15, 0.2) is 97.1 Å². The minimum absolute atomic E-state index is 0.0102. The molecule has 4 aromatic carbocycles. The van der Waals surface area contributed by atoms with Crippen LogP contribution in [0.5, 0.6) is 11.5 Å². The highest BCUT2D eigenvalue weighted by Crippen LogP contribution is 2.28. The van der Waals surface area contributed by atoms with Gasteiger partial charge in [-0.2, -0.15) is 0 Å². The number of nitrogens with one attached hydrogen (secondary N) is 19. The van der Waals surface area contributed by atoms with E-state index in [4.69, 9.17) is 33.8 Å². The maximum atomic E-state index is 14.8. The molecule has 18 atom stereocenters. The third-order valence-electron chi connectivity index (χ3n) is 22.1. The second-order valence-electron chi connectivity index (χ2n) is 34.6. The number of carbonyl (C=O) groups excluding carboxylic acids is 16. The summed E-state index contributed by atoms with van der Waals surface area (Å²) in [4.78, 5) is 250. The van der Waals surface area contributed by atoms with Gasteiger partial charge in [0.1, 0.15) is 90.3 Å². The summed E-state index contributed by atoms with van der Waals surface area (Å²) in [5.41, 5.74) is 22.4. The van der Waals surface area contributed by atoms with Crippen LogP contribution in [0.25, 0.3) is 0 Å². The number of phenols is 2. The first-order valence-electron chi connectivity index (χ1n) is 45.2. The van der Waals surface area contributed by atoms with Gasteiger partial charge in [0.25, 0.3) is 5.91 Å². The number of carbonyl (C=O) groups is 17. The molecule has 0 bridgehead atoms. The molecule has 764 valence electrons. The Morgan fingerprint density at radius 2 is 0.791 bits per heavy atom. The van der Waals surface area contributed by atoms with Crippen molar-refractivity contribution in [2.24, 2.45) is 40.9 Å². The Balaban J connectivity index is 1.60. The van der Waals surface area contributed by atoms with Crippen molar-refractivity contribution in [1.29, 1.82) is 10.8 Å². The molecule has 0 heterocycles. The number of carboxylic acids is 1. The van der Waals surface area contributed by atoms with Crippen molar-refractivity contribution >= 4 is 124 Å². The molecule has 0 aliphatic heterocycles. The van der Waals surface area contributed by atoms with Gasteiger partial charge in [-0.25, -0.2) is 0 Å². The number of para-hydroxylation sites is 1. The van der Waals surface area contributed by atoms with Crippen molar-refractivity contribution in [1.82, 2.24) is 90.4 Å². The largest absolute Gasteiger partial charge is 0.508 e. The standard InChI is InChI=1S/C90H134N24O25/c1-12-46(7)70(112-83(132)64(41-69(121)122)103-75(124)55-23-17-18-24-56(55)91)85(134)106-62(38-52-27-30-54(118)31-28-52)81(130)111-71(47(8)13-2)86(135)109-65(43-115)84(133)102-57(25-19-33-97-89(93)94)77(126)101-58(26-20-34-98-90(95)96)78(127)105-60(36-45(5)6)80(129)104-59(35-44(3)4)76(125)99-42-68(120)110-72(49(10)116)87(136)107-61(37-51-21-15-14-16-22-51)82(131)113-73(50(11)117)88(137)108-63(79(128)100-48(9)74(92)123)39-53-29-32-67(119)66(40-53)114(138)139/h14-18,21-24,27-32,40,44-50,57-65,70-73,115-119H,12-13,19-20,25-26,33-39,41-43,91H2,1-11H3,(H2,92,123)(H,99,125)(H,100,128)(H,101,126)(H,102,133)(H,103,124)(H,104,129)(H,105,127)(H,106,134)(H,107,136)(H,108,137)(H,109,135)(H,110,120)(H,111,130)(H,112,132)(H,113,131)(H,121,122)(H4,93,94,97)(H4,95,96,98)/t46-,47-,48-,49+,50+,57-,58-,59-,60-,61-,62-,63-,64-,65-,70-,71-,72-,73-/m0/s1. The van der Waals surface area contributed by atoms with E-state index in [9.17, 15) is 122 Å². The zero-order chi connectivity index (χ0) is 104. The number of aliphatic hydroxyl groups excluding tert-OH is 3. The smallest absolute Gasteiger partial charge is 0.310 e. The highest BCUT2D eigenvalue weighted by Gasteiger charge is 2.41. The summed E-state index contributed by atoms with van der Waals surface area (Å²) in [6.07, 6.45) is -6.13. The Kier molecular flexibility index (Phi) is 48.4. The molecule has 0 aliphatic carbocycles. The summed E-state index contributed by atoms with van der Waals surface area (Å²) < 4.78 is 0. The number of benzene rings is 4. The number of amides is 16. The van der Waals surface area contributed by atoms with Crippen LogP contribution in [0.2, 0.25) is 0 Å². The van der Waals surface area contributed by atoms with E-state index in [1.807, 2.05) is 0 Å². The van der Waals surface area contributed by atoms with Gasteiger partial charge in [-0.05, 0) is 130 Å². The second kappa shape index (κ2) is 57.9. The number of phenolic OH excluding ortho intramolecular Hbond substituents is 2. The van der Waals surface area contributed by atoms with Crippen molar-refractivity contribution in [2.45, 2.75) is 250 Å². The first kappa shape index (κ1) is 116. The molecule has 0 saturated heterocycles. The number of guanidine groups is 2. The van der Waals surface area contributed by atoms with E-state index in [1.54, 1.807) is 91.8 Å². The third-order valence-corrected chi connectivity index (χ3v) is 22.1. The van der Waals surface area contributed by atoms with Gasteiger partial charge in [0.2, 0.25) is 88.6 Å². The molecule has 0 fully saturated rings. The average molecular weight is 1950 g/mol. The topological polar surface area (TPSA) is 811 Å². The van der Waals surface area contributed by atoms with E-state index in [1.165, 1.54) is 55.5 Å². The van der Waals surface area contributed by atoms with Crippen LogP contribution in [0.1, 0.15) is 161 Å². The van der Waals surface area contributed by atoms with Crippen molar-refractivity contribution in [3.63, 3.8) is 0 Å². The van der Waals surface area contributed by atoms with Gasteiger partial charge in [-0.3, -0.25) is 102 Å². The Labute approximate surface area is 802 Å². The van der Waals surface area contributed by atoms with E-state index >= 15 is 0 Å². The second-order valence-corrected chi connectivity index (χ2v) is 34.6. The highest BCUT2D eigenvalue weighted by molar-refractivity contribution is 6.04. The Morgan fingerprint density at radius 1 is 0.417 bits per heavy atom. The van der Waals surface area contributed by atoms with Crippen molar-refractivity contribution in [2.75, 3.05) is 32.0 Å². The molecule has 49 heteroatoms. The number of carboxylic acid groups (broad SMARTS) is 1. The number of anilines is 1. The van der Waals surface area contributed by atoms with Crippen LogP contribution in [0.3, 0.4) is 0 Å². The zero-order valence-electron chi connectivity index (χ0n) is 79.3. The number of nitro benzene ring substituents is 1. The predicted octanol–water partition coefficient (Wildman–Crippen LogP) is -4.72. The van der Waals surface area contributed by atoms with Crippen LogP contribution in [-0.4, -0.2) is 271 Å². The van der Waals surface area contributed by atoms with Gasteiger partial charge in [0, 0.05) is 44.1 Å². The van der Waals surface area contributed by atoms with Gasteiger partial charge < -0.3 is 144 Å². The van der Waals surface area contributed by atoms with Crippen molar-refractivity contribution in [3.05, 3.63) is 129 Å². The molecule has 33 N–H and O–H groups in total. The number of hydrogen-bond donors (Lipinski definition) is 29. The maximum absolute atomic E-state index is 14.8. The Bertz CT molecular complexity index is 4930. The average Bonchev–Trinajstić information content (AvgIpc) is 0.848. The molecule has 0 aliphatic rings. The Hall–Kier alpha value is -14.9. The normalized spacial score (nSPS) is 15.0. The lowest BCUT2D eigenvalue weighted by Crippen LogP contribution is -2.62. The number of primary amides is 1. The fourth-order valence-electron chi connectivity index (χ4n) is 14.0. The summed E-state index contributed by atoms with van der Waals surface area (Å²) in [5.74, 6) is -22.6. The lowest BCUT2D eigenvalue weighted by Gasteiger charge is -2.30. The minimum atomic E-state index is -1.95. The lowest BCUT2D eigenvalue weighted by molar-refractivity contribution is -0.385. The van der Waals surface area contributed by atoms with Crippen LogP contribution in [0, 0.1) is 44.6 Å². The van der Waals surface area contributed by atoms with Gasteiger partial charge in [0.05, 0.1) is 42.3 Å². The molecule has 16 amide bonds. The molecule has 49 nitrogen and oxygen atoms in total. The minimum Gasteiger partial charge on any atom is -0.508 e. The van der Waals surface area contributed by atoms with E-state index in [0.29, 0.717) is 11.1 Å². The number of nitrogens with two attached hydrogens (primary N) is 4. The van der Waals surface area contributed by atoms with E-state index in [0.717, 1.165) is 26.0 Å². The molecule has 0 radical (unpaired) electrons. The molecular formula is C90H134N24O25. The monoisotopic (exact) mass is 1950 g/mol. The summed E-state index contributed by atoms with van der Waals surface area (Å²) in [6.45, 7) is 14.4. The molecule has 0 unspecified atom stereocenters. The van der Waals surface area contributed by atoms with Gasteiger partial charge in [0.15, 0.2) is 17.7 Å². The van der Waals surface area contributed by atoms with E-state index in [-0.39, 0.29) is 112 Å². The summed E-state index contributed by atoms with van der Waals surface area (Å²) in [7, 11) is 0. The van der Waals surface area contributed by atoms with Gasteiger partial charge in [-0.1, -0.05) is 129 Å². The van der Waals surface area contributed by atoms with Crippen LogP contribution in [0.4, 0.5) is 11.4 Å². The lowest BCUT2D eigenvalue weighted by atomic mass is 9.95. The molecule has 4 rings (SSSR count). The number of nitrogen functional groups attached to an aromatic ring is 1. The fourth-order valence-corrected chi connectivity index (χ4v) is 14.0. The number of hydrogen-bond acceptors (Lipinski definition) is 27.